The van der Waals surface area contributed by atoms with E-state index in [0.29, 0.717) is 12.5 Å². The van der Waals surface area contributed by atoms with Crippen LogP contribution in [-0.2, 0) is 11.3 Å². The fraction of sp³-hybridized carbons (Fsp3) is 0.562. The summed E-state index contributed by atoms with van der Waals surface area (Å²) in [6, 6.07) is 12.7. The molecule has 1 N–H and O–H groups in total. The van der Waals surface area contributed by atoms with Crippen LogP contribution in [0.15, 0.2) is 30.3 Å². The third-order valence-corrected chi connectivity index (χ3v) is 3.84. The fourth-order valence-corrected chi connectivity index (χ4v) is 2.49. The summed E-state index contributed by atoms with van der Waals surface area (Å²) in [5, 5.41) is 13.0. The number of nitrogens with zero attached hydrogens (tertiary/aromatic N) is 1. The largest absolute Gasteiger partial charge is 0.378 e. The molecule has 1 fully saturated rings. The lowest BCUT2D eigenvalue weighted by atomic mass is 9.84. The summed E-state index contributed by atoms with van der Waals surface area (Å²) < 4.78 is 5.76. The van der Waals surface area contributed by atoms with Gasteiger partial charge in [0.05, 0.1) is 12.2 Å². The van der Waals surface area contributed by atoms with E-state index < -0.39 is 5.54 Å². The molecule has 2 atom stereocenters. The molecule has 0 aliphatic carbocycles. The van der Waals surface area contributed by atoms with Crippen molar-refractivity contribution in [3.63, 3.8) is 0 Å². The van der Waals surface area contributed by atoms with Gasteiger partial charge in [-0.15, -0.1) is 0 Å². The monoisotopic (exact) mass is 258 g/mol. The molecule has 2 unspecified atom stereocenters. The number of hydrogen-bond donors (Lipinski definition) is 1. The van der Waals surface area contributed by atoms with Crippen molar-refractivity contribution in [2.45, 2.75) is 44.9 Å². The van der Waals surface area contributed by atoms with Crippen molar-refractivity contribution in [1.82, 2.24) is 5.32 Å². The minimum absolute atomic E-state index is 0.177. The van der Waals surface area contributed by atoms with Crippen molar-refractivity contribution in [3.05, 3.63) is 35.9 Å². The molecular formula is C16H22N2O. The molecule has 2 rings (SSSR count). The lowest BCUT2D eigenvalue weighted by molar-refractivity contribution is -0.0388. The average Bonchev–Trinajstić information content (AvgIpc) is 2.46. The van der Waals surface area contributed by atoms with Crippen LogP contribution in [-0.4, -0.2) is 18.2 Å². The maximum Gasteiger partial charge on any atom is 0.111 e. The molecule has 3 nitrogen and oxygen atoms in total. The Kier molecular flexibility index (Phi) is 4.57. The molecule has 3 heteroatoms. The summed E-state index contributed by atoms with van der Waals surface area (Å²) in [5.74, 6) is 0.451. The quantitative estimate of drug-likeness (QED) is 0.903. The second kappa shape index (κ2) is 6.18. The predicted molar refractivity (Wildman–Crippen MR) is 75.4 cm³/mol. The van der Waals surface area contributed by atoms with Crippen LogP contribution in [0.1, 0.15) is 32.3 Å². The Morgan fingerprint density at radius 2 is 2.16 bits per heavy atom. The Morgan fingerprint density at radius 1 is 1.42 bits per heavy atom. The van der Waals surface area contributed by atoms with Crippen LogP contribution >= 0.6 is 0 Å². The van der Waals surface area contributed by atoms with E-state index in [1.165, 1.54) is 5.56 Å². The highest BCUT2D eigenvalue weighted by molar-refractivity contribution is 5.17. The Labute approximate surface area is 115 Å². The third kappa shape index (κ3) is 3.56. The molecule has 0 spiro atoms. The number of nitriles is 1. The molecular weight excluding hydrogens is 236 g/mol. The van der Waals surface area contributed by atoms with Gasteiger partial charge in [-0.3, -0.25) is 5.32 Å². The van der Waals surface area contributed by atoms with Crippen molar-refractivity contribution >= 4 is 0 Å². The van der Waals surface area contributed by atoms with E-state index >= 15 is 0 Å². The SMILES string of the molecule is CC(C)C1CC(C#N)(NCc2ccccc2)CCO1. The van der Waals surface area contributed by atoms with Gasteiger partial charge >= 0.3 is 0 Å². The highest BCUT2D eigenvalue weighted by Gasteiger charge is 2.37. The molecule has 1 aromatic rings. The van der Waals surface area contributed by atoms with Crippen LogP contribution in [0.3, 0.4) is 0 Å². The first-order chi connectivity index (χ1) is 9.15. The standard InChI is InChI=1S/C16H22N2O/c1-13(2)15-10-16(12-17,8-9-19-15)18-11-14-6-4-3-5-7-14/h3-7,13,15,18H,8-11H2,1-2H3. The molecule has 1 aliphatic heterocycles. The van der Waals surface area contributed by atoms with E-state index in [9.17, 15) is 5.26 Å². The van der Waals surface area contributed by atoms with Gasteiger partial charge in [-0.1, -0.05) is 44.2 Å². The number of benzene rings is 1. The third-order valence-electron chi connectivity index (χ3n) is 3.84. The molecule has 0 radical (unpaired) electrons. The maximum absolute atomic E-state index is 9.55. The topological polar surface area (TPSA) is 45.0 Å². The van der Waals surface area contributed by atoms with Crippen LogP contribution in [0.4, 0.5) is 0 Å². The van der Waals surface area contributed by atoms with Crippen LogP contribution < -0.4 is 5.32 Å². The Morgan fingerprint density at radius 3 is 2.79 bits per heavy atom. The summed E-state index contributed by atoms with van der Waals surface area (Å²) in [5.41, 5.74) is 0.771. The highest BCUT2D eigenvalue weighted by Crippen LogP contribution is 2.28. The fourth-order valence-electron chi connectivity index (χ4n) is 2.49. The zero-order valence-electron chi connectivity index (χ0n) is 11.7. The second-order valence-electron chi connectivity index (χ2n) is 5.64. The van der Waals surface area contributed by atoms with E-state index in [4.69, 9.17) is 4.74 Å². The van der Waals surface area contributed by atoms with Crippen molar-refractivity contribution in [3.8, 4) is 6.07 Å². The highest BCUT2D eigenvalue weighted by atomic mass is 16.5. The zero-order chi connectivity index (χ0) is 13.7. The number of ether oxygens (including phenoxy) is 1. The Hall–Kier alpha value is -1.37. The minimum atomic E-state index is -0.441. The number of rotatable bonds is 4. The molecule has 0 amide bonds. The first-order valence-electron chi connectivity index (χ1n) is 6.97. The van der Waals surface area contributed by atoms with E-state index in [1.54, 1.807) is 0 Å². The molecule has 0 aromatic heterocycles. The lowest BCUT2D eigenvalue weighted by Crippen LogP contribution is -2.51. The average molecular weight is 258 g/mol. The molecule has 0 bridgehead atoms. The van der Waals surface area contributed by atoms with Gasteiger partial charge in [0, 0.05) is 26.0 Å². The van der Waals surface area contributed by atoms with Crippen LogP contribution in [0.2, 0.25) is 0 Å². The van der Waals surface area contributed by atoms with Crippen LogP contribution in [0, 0.1) is 17.2 Å². The van der Waals surface area contributed by atoms with Gasteiger partial charge in [0.15, 0.2) is 0 Å². The van der Waals surface area contributed by atoms with Crippen molar-refractivity contribution in [1.29, 1.82) is 5.26 Å². The van der Waals surface area contributed by atoms with Gasteiger partial charge in [-0.2, -0.15) is 5.26 Å². The molecule has 1 saturated heterocycles. The number of nitrogens with one attached hydrogen (secondary N) is 1. The van der Waals surface area contributed by atoms with E-state index in [0.717, 1.165) is 19.4 Å². The minimum Gasteiger partial charge on any atom is -0.378 e. The molecule has 0 saturated carbocycles. The van der Waals surface area contributed by atoms with Crippen LogP contribution in [0.25, 0.3) is 0 Å². The number of hydrogen-bond acceptors (Lipinski definition) is 3. The molecule has 19 heavy (non-hydrogen) atoms. The summed E-state index contributed by atoms with van der Waals surface area (Å²) >= 11 is 0. The van der Waals surface area contributed by atoms with Crippen molar-refractivity contribution in [2.24, 2.45) is 5.92 Å². The molecule has 1 heterocycles. The second-order valence-corrected chi connectivity index (χ2v) is 5.64. The van der Waals surface area contributed by atoms with E-state index in [1.807, 2.05) is 18.2 Å². The van der Waals surface area contributed by atoms with Gasteiger partial charge < -0.3 is 4.74 Å². The summed E-state index contributed by atoms with van der Waals surface area (Å²) in [4.78, 5) is 0. The predicted octanol–water partition coefficient (Wildman–Crippen LogP) is 2.87. The first-order valence-corrected chi connectivity index (χ1v) is 6.97. The first kappa shape index (κ1) is 14.0. The lowest BCUT2D eigenvalue weighted by Gasteiger charge is -2.38. The van der Waals surface area contributed by atoms with E-state index in [-0.39, 0.29) is 6.10 Å². The Balaban J connectivity index is 2.00. The molecule has 1 aliphatic rings. The Bertz CT molecular complexity index is 438. The smallest absolute Gasteiger partial charge is 0.111 e. The normalized spacial score (nSPS) is 27.2. The zero-order valence-corrected chi connectivity index (χ0v) is 11.7. The maximum atomic E-state index is 9.55. The summed E-state index contributed by atoms with van der Waals surface area (Å²) in [6.07, 6.45) is 1.71. The van der Waals surface area contributed by atoms with Gasteiger partial charge in [0.1, 0.15) is 5.54 Å². The summed E-state index contributed by atoms with van der Waals surface area (Å²) in [7, 11) is 0. The van der Waals surface area contributed by atoms with Crippen molar-refractivity contribution in [2.75, 3.05) is 6.61 Å². The van der Waals surface area contributed by atoms with Gasteiger partial charge in [0.2, 0.25) is 0 Å². The van der Waals surface area contributed by atoms with Crippen molar-refractivity contribution < 1.29 is 4.74 Å². The molecule has 1 aromatic carbocycles. The summed E-state index contributed by atoms with van der Waals surface area (Å²) in [6.45, 7) is 5.70. The van der Waals surface area contributed by atoms with Gasteiger partial charge in [0.25, 0.3) is 0 Å². The van der Waals surface area contributed by atoms with Crippen LogP contribution in [0.5, 0.6) is 0 Å². The molecule has 102 valence electrons. The van der Waals surface area contributed by atoms with E-state index in [2.05, 4.69) is 37.4 Å². The van der Waals surface area contributed by atoms with Gasteiger partial charge in [-0.25, -0.2) is 0 Å². The van der Waals surface area contributed by atoms with Gasteiger partial charge in [-0.05, 0) is 11.5 Å².